The molecule has 0 amide bonds. The van der Waals surface area contributed by atoms with E-state index in [1.54, 1.807) is 18.4 Å². The number of benzene rings is 2. The summed E-state index contributed by atoms with van der Waals surface area (Å²) in [4.78, 5) is 8.48. The molecule has 0 aliphatic carbocycles. The van der Waals surface area contributed by atoms with Gasteiger partial charge in [-0.2, -0.15) is 5.10 Å². The van der Waals surface area contributed by atoms with Crippen molar-refractivity contribution in [2.45, 2.75) is 0 Å². The summed E-state index contributed by atoms with van der Waals surface area (Å²) in [5.41, 5.74) is 4.25. The van der Waals surface area contributed by atoms with Crippen LogP contribution in [0.2, 0.25) is 0 Å². The fraction of sp³-hybridized carbons (Fsp3) is 0.0526. The molecule has 2 aromatic heterocycles. The van der Waals surface area contributed by atoms with E-state index in [4.69, 9.17) is 5.10 Å². The predicted octanol–water partition coefficient (Wildman–Crippen LogP) is 4.87. The second-order valence-electron chi connectivity index (χ2n) is 5.45. The Morgan fingerprint density at radius 2 is 1.92 bits per heavy atom. The highest BCUT2D eigenvalue weighted by atomic mass is 79.9. The van der Waals surface area contributed by atoms with Crippen molar-refractivity contribution in [2.24, 2.45) is 10.1 Å². The molecule has 4 rings (SSSR count). The first-order valence-electron chi connectivity index (χ1n) is 7.76. The monoisotopic (exact) mass is 410 g/mol. The van der Waals surface area contributed by atoms with Gasteiger partial charge in [-0.1, -0.05) is 52.3 Å². The molecule has 2 heterocycles. The smallest absolute Gasteiger partial charge is 0.205 e. The van der Waals surface area contributed by atoms with Crippen LogP contribution in [0.5, 0.6) is 0 Å². The summed E-state index contributed by atoms with van der Waals surface area (Å²) in [6.07, 6.45) is 3.85. The van der Waals surface area contributed by atoms with E-state index in [0.717, 1.165) is 37.0 Å². The molecule has 0 fully saturated rings. The van der Waals surface area contributed by atoms with E-state index in [0.29, 0.717) is 0 Å². The van der Waals surface area contributed by atoms with Crippen molar-refractivity contribution < 1.29 is 0 Å². The minimum Gasteiger partial charge on any atom is -0.361 e. The Morgan fingerprint density at radius 1 is 1.12 bits per heavy atom. The third-order valence-corrected chi connectivity index (χ3v) is 5.56. The van der Waals surface area contributed by atoms with Gasteiger partial charge in [-0.05, 0) is 12.1 Å². The molecule has 0 aliphatic heterocycles. The van der Waals surface area contributed by atoms with Gasteiger partial charge >= 0.3 is 0 Å². The molecule has 2 aromatic carbocycles. The molecule has 0 saturated carbocycles. The highest BCUT2D eigenvalue weighted by Crippen LogP contribution is 2.28. The standard InChI is InChI=1S/C19H15BrN4S/c1-21-19-24(18(12-25-19)15-7-2-4-8-16(15)20)23-11-13-10-22-17-9-5-3-6-14(13)17/h2-12,22H,1H3. The Balaban J connectivity index is 1.83. The molecular formula is C19H15BrN4S. The van der Waals surface area contributed by atoms with Gasteiger partial charge in [0.25, 0.3) is 0 Å². The fourth-order valence-corrected chi connectivity index (χ4v) is 4.02. The van der Waals surface area contributed by atoms with Gasteiger partial charge in [0.15, 0.2) is 0 Å². The molecule has 124 valence electrons. The first-order valence-corrected chi connectivity index (χ1v) is 9.44. The number of nitrogens with one attached hydrogen (secondary N) is 1. The Hall–Kier alpha value is -2.44. The number of rotatable bonds is 3. The van der Waals surface area contributed by atoms with Gasteiger partial charge in [0.05, 0.1) is 11.9 Å². The second-order valence-corrected chi connectivity index (χ2v) is 7.14. The lowest BCUT2D eigenvalue weighted by atomic mass is 10.2. The lowest BCUT2D eigenvalue weighted by Gasteiger charge is -2.05. The van der Waals surface area contributed by atoms with Crippen molar-refractivity contribution >= 4 is 44.4 Å². The van der Waals surface area contributed by atoms with Crippen molar-refractivity contribution in [3.8, 4) is 11.3 Å². The maximum atomic E-state index is 4.71. The quantitative estimate of drug-likeness (QED) is 0.468. The van der Waals surface area contributed by atoms with E-state index < -0.39 is 0 Å². The van der Waals surface area contributed by atoms with Crippen LogP contribution in [-0.4, -0.2) is 22.9 Å². The van der Waals surface area contributed by atoms with E-state index in [2.05, 4.69) is 49.5 Å². The van der Waals surface area contributed by atoms with Gasteiger partial charge in [0, 0.05) is 45.1 Å². The number of fused-ring (bicyclic) bond motifs is 1. The molecule has 0 unspecified atom stereocenters. The Bertz CT molecular complexity index is 1130. The molecule has 4 aromatic rings. The number of aromatic amines is 1. The predicted molar refractivity (Wildman–Crippen MR) is 108 cm³/mol. The first-order chi connectivity index (χ1) is 12.3. The third kappa shape index (κ3) is 2.99. The second kappa shape index (κ2) is 6.82. The van der Waals surface area contributed by atoms with Crippen LogP contribution in [0.15, 0.2) is 74.7 Å². The Labute approximate surface area is 157 Å². The fourth-order valence-electron chi connectivity index (χ4n) is 2.74. The van der Waals surface area contributed by atoms with Gasteiger partial charge in [-0.15, -0.1) is 11.3 Å². The zero-order chi connectivity index (χ0) is 17.2. The lowest BCUT2D eigenvalue weighted by molar-refractivity contribution is 0.848. The number of halogens is 1. The van der Waals surface area contributed by atoms with Crippen LogP contribution < -0.4 is 4.80 Å². The van der Waals surface area contributed by atoms with Gasteiger partial charge in [0.1, 0.15) is 0 Å². The molecule has 4 nitrogen and oxygen atoms in total. The minimum absolute atomic E-state index is 0.849. The number of nitrogens with zero attached hydrogens (tertiary/aromatic N) is 3. The van der Waals surface area contributed by atoms with Crippen LogP contribution in [0.1, 0.15) is 5.56 Å². The maximum Gasteiger partial charge on any atom is 0.205 e. The summed E-state index contributed by atoms with van der Waals surface area (Å²) < 4.78 is 2.92. The normalized spacial score (nSPS) is 12.5. The third-order valence-electron chi connectivity index (χ3n) is 3.96. The summed E-state index contributed by atoms with van der Waals surface area (Å²) in [6, 6.07) is 16.3. The summed E-state index contributed by atoms with van der Waals surface area (Å²) in [5, 5.41) is 7.95. The average Bonchev–Trinajstić information content (AvgIpc) is 3.24. The molecule has 25 heavy (non-hydrogen) atoms. The summed E-state index contributed by atoms with van der Waals surface area (Å²) in [6.45, 7) is 0. The van der Waals surface area contributed by atoms with Crippen LogP contribution >= 0.6 is 27.3 Å². The van der Waals surface area contributed by atoms with E-state index in [1.165, 1.54) is 0 Å². The molecular weight excluding hydrogens is 396 g/mol. The number of H-pyrrole nitrogens is 1. The summed E-state index contributed by atoms with van der Waals surface area (Å²) >= 11 is 5.20. The van der Waals surface area contributed by atoms with Crippen LogP contribution in [0.4, 0.5) is 0 Å². The maximum absolute atomic E-state index is 4.71. The van der Waals surface area contributed by atoms with Gasteiger partial charge in [-0.25, -0.2) is 4.68 Å². The highest BCUT2D eigenvalue weighted by molar-refractivity contribution is 9.10. The van der Waals surface area contributed by atoms with E-state index in [1.807, 2.05) is 47.4 Å². The van der Waals surface area contributed by atoms with Gasteiger partial charge < -0.3 is 4.98 Å². The van der Waals surface area contributed by atoms with Crippen LogP contribution in [-0.2, 0) is 0 Å². The van der Waals surface area contributed by atoms with Crippen LogP contribution in [0.3, 0.4) is 0 Å². The number of para-hydroxylation sites is 1. The summed E-state index contributed by atoms with van der Waals surface area (Å²) in [7, 11) is 1.79. The van der Waals surface area contributed by atoms with Gasteiger partial charge in [0.2, 0.25) is 4.80 Å². The number of hydrogen-bond donors (Lipinski definition) is 1. The number of aromatic nitrogens is 2. The molecule has 0 spiro atoms. The van der Waals surface area contributed by atoms with Crippen LogP contribution in [0, 0.1) is 0 Å². The average molecular weight is 411 g/mol. The molecule has 0 bridgehead atoms. The largest absolute Gasteiger partial charge is 0.361 e. The van der Waals surface area contributed by atoms with Crippen LogP contribution in [0.25, 0.3) is 22.2 Å². The Morgan fingerprint density at radius 3 is 2.76 bits per heavy atom. The van der Waals surface area contributed by atoms with Crippen molar-refractivity contribution in [1.29, 1.82) is 0 Å². The highest BCUT2D eigenvalue weighted by Gasteiger charge is 2.10. The summed E-state index contributed by atoms with van der Waals surface area (Å²) in [5.74, 6) is 0. The minimum atomic E-state index is 0.849. The number of thiazole rings is 1. The Kier molecular flexibility index (Phi) is 4.38. The lowest BCUT2D eigenvalue weighted by Crippen LogP contribution is -2.11. The van der Waals surface area contributed by atoms with E-state index in [9.17, 15) is 0 Å². The molecule has 0 saturated heterocycles. The van der Waals surface area contributed by atoms with Crippen molar-refractivity contribution in [2.75, 3.05) is 7.05 Å². The van der Waals surface area contributed by atoms with E-state index >= 15 is 0 Å². The molecule has 1 N–H and O–H groups in total. The first kappa shape index (κ1) is 16.1. The topological polar surface area (TPSA) is 45.4 Å². The molecule has 6 heteroatoms. The zero-order valence-electron chi connectivity index (χ0n) is 13.5. The number of hydrogen-bond acceptors (Lipinski definition) is 3. The molecule has 0 atom stereocenters. The van der Waals surface area contributed by atoms with Crippen molar-refractivity contribution in [1.82, 2.24) is 9.66 Å². The molecule has 0 radical (unpaired) electrons. The molecule has 0 aliphatic rings. The SMILES string of the molecule is CN=c1scc(-c2ccccc2Br)n1N=Cc1c[nH]c2ccccc12. The van der Waals surface area contributed by atoms with E-state index in [-0.39, 0.29) is 0 Å². The van der Waals surface area contributed by atoms with Gasteiger partial charge in [-0.3, -0.25) is 4.99 Å². The van der Waals surface area contributed by atoms with Crippen molar-refractivity contribution in [3.63, 3.8) is 0 Å². The zero-order valence-corrected chi connectivity index (χ0v) is 15.9. The van der Waals surface area contributed by atoms with Crippen molar-refractivity contribution in [3.05, 3.63) is 74.9 Å².